The first-order chi connectivity index (χ1) is 17.8. The molecule has 0 atom stereocenters. The van der Waals surface area contributed by atoms with Crippen LogP contribution in [0.3, 0.4) is 0 Å². The normalized spacial score (nSPS) is 11.3. The SMILES string of the molecule is COC(=O)c1cccc(C=Cc2ccc(OCc3c(C(C)C)nnn3-c3c(Cl)cccc3Cl)cc2C)c1. The molecule has 0 saturated carbocycles. The highest BCUT2D eigenvalue weighted by molar-refractivity contribution is 6.37. The first-order valence-corrected chi connectivity index (χ1v) is 12.5. The van der Waals surface area contributed by atoms with Crippen LogP contribution in [0.5, 0.6) is 5.75 Å². The Bertz CT molecular complexity index is 1440. The van der Waals surface area contributed by atoms with Gasteiger partial charge in [-0.1, -0.05) is 78.7 Å². The number of carbonyl (C=O) groups is 1. The van der Waals surface area contributed by atoms with Gasteiger partial charge >= 0.3 is 5.97 Å². The van der Waals surface area contributed by atoms with Crippen LogP contribution < -0.4 is 4.74 Å². The number of aryl methyl sites for hydroxylation is 1. The van der Waals surface area contributed by atoms with E-state index in [-0.39, 0.29) is 18.5 Å². The molecule has 190 valence electrons. The monoisotopic (exact) mass is 535 g/mol. The summed E-state index contributed by atoms with van der Waals surface area (Å²) in [6.07, 6.45) is 3.96. The molecule has 0 aliphatic carbocycles. The van der Waals surface area contributed by atoms with E-state index in [1.165, 1.54) is 7.11 Å². The molecule has 0 bridgehead atoms. The fourth-order valence-corrected chi connectivity index (χ4v) is 4.48. The molecule has 6 nitrogen and oxygen atoms in total. The van der Waals surface area contributed by atoms with Crippen LogP contribution >= 0.6 is 23.2 Å². The fourth-order valence-electron chi connectivity index (χ4n) is 3.92. The Morgan fingerprint density at radius 1 is 1.03 bits per heavy atom. The molecule has 3 aromatic carbocycles. The molecule has 8 heteroatoms. The van der Waals surface area contributed by atoms with Gasteiger partial charge in [0.05, 0.1) is 28.4 Å². The summed E-state index contributed by atoms with van der Waals surface area (Å²) in [5, 5.41) is 9.67. The van der Waals surface area contributed by atoms with E-state index in [1.807, 2.05) is 49.4 Å². The third-order valence-corrected chi connectivity index (χ3v) is 6.48. The van der Waals surface area contributed by atoms with Crippen molar-refractivity contribution in [2.24, 2.45) is 0 Å². The number of para-hydroxylation sites is 1. The predicted molar refractivity (Wildman–Crippen MR) is 148 cm³/mol. The van der Waals surface area contributed by atoms with Gasteiger partial charge in [-0.2, -0.15) is 0 Å². The van der Waals surface area contributed by atoms with Crippen LogP contribution in [-0.2, 0) is 11.3 Å². The van der Waals surface area contributed by atoms with Crippen molar-refractivity contribution in [1.29, 1.82) is 0 Å². The molecule has 1 aromatic heterocycles. The van der Waals surface area contributed by atoms with Crippen LogP contribution in [0.2, 0.25) is 10.0 Å². The van der Waals surface area contributed by atoms with E-state index in [1.54, 1.807) is 35.0 Å². The first kappa shape index (κ1) is 26.5. The second kappa shape index (κ2) is 11.6. The molecule has 0 aliphatic rings. The molecule has 0 aliphatic heterocycles. The molecule has 0 spiro atoms. The molecule has 37 heavy (non-hydrogen) atoms. The number of esters is 1. The lowest BCUT2D eigenvalue weighted by Gasteiger charge is -2.14. The van der Waals surface area contributed by atoms with Crippen molar-refractivity contribution in [3.05, 3.63) is 104 Å². The maximum Gasteiger partial charge on any atom is 0.337 e. The highest BCUT2D eigenvalue weighted by atomic mass is 35.5. The minimum absolute atomic E-state index is 0.139. The van der Waals surface area contributed by atoms with E-state index in [0.717, 1.165) is 33.8 Å². The van der Waals surface area contributed by atoms with E-state index in [9.17, 15) is 4.79 Å². The number of hydrogen-bond acceptors (Lipinski definition) is 5. The summed E-state index contributed by atoms with van der Waals surface area (Å²) < 4.78 is 12.6. The Morgan fingerprint density at radius 2 is 1.76 bits per heavy atom. The summed E-state index contributed by atoms with van der Waals surface area (Å²) in [6.45, 7) is 6.37. The van der Waals surface area contributed by atoms with Crippen LogP contribution in [0.15, 0.2) is 60.7 Å². The van der Waals surface area contributed by atoms with E-state index in [4.69, 9.17) is 32.7 Å². The summed E-state index contributed by atoms with van der Waals surface area (Å²) in [5.41, 5.74) is 5.69. The Kier molecular flexibility index (Phi) is 8.31. The van der Waals surface area contributed by atoms with E-state index >= 15 is 0 Å². The molecule has 4 rings (SSSR count). The van der Waals surface area contributed by atoms with Crippen molar-refractivity contribution in [2.45, 2.75) is 33.3 Å². The molecular weight excluding hydrogens is 509 g/mol. The Hall–Kier alpha value is -3.61. The van der Waals surface area contributed by atoms with Gasteiger partial charge in [0.15, 0.2) is 0 Å². The summed E-state index contributed by atoms with van der Waals surface area (Å²) in [6, 6.07) is 18.5. The number of aromatic nitrogens is 3. The Labute approximate surface area is 226 Å². The summed E-state index contributed by atoms with van der Waals surface area (Å²) in [4.78, 5) is 11.8. The highest BCUT2D eigenvalue weighted by Gasteiger charge is 2.21. The van der Waals surface area contributed by atoms with Gasteiger partial charge in [-0.05, 0) is 65.9 Å². The molecule has 1 heterocycles. The lowest BCUT2D eigenvalue weighted by molar-refractivity contribution is 0.0600. The zero-order chi connectivity index (χ0) is 26.5. The number of methoxy groups -OCH3 is 1. The van der Waals surface area contributed by atoms with E-state index in [0.29, 0.717) is 21.3 Å². The number of carbonyl (C=O) groups excluding carboxylic acids is 1. The molecule has 0 unspecified atom stereocenters. The lowest BCUT2D eigenvalue weighted by atomic mass is 10.1. The Morgan fingerprint density at radius 3 is 2.43 bits per heavy atom. The van der Waals surface area contributed by atoms with E-state index < -0.39 is 0 Å². The number of rotatable bonds is 8. The van der Waals surface area contributed by atoms with Gasteiger partial charge < -0.3 is 9.47 Å². The summed E-state index contributed by atoms with van der Waals surface area (Å²) in [7, 11) is 1.37. The van der Waals surface area contributed by atoms with Crippen LogP contribution in [0.1, 0.15) is 58.2 Å². The number of ether oxygens (including phenoxy) is 2. The van der Waals surface area contributed by atoms with Gasteiger partial charge in [-0.3, -0.25) is 0 Å². The summed E-state index contributed by atoms with van der Waals surface area (Å²) >= 11 is 12.9. The molecular formula is C29H27Cl2N3O3. The highest BCUT2D eigenvalue weighted by Crippen LogP contribution is 2.31. The van der Waals surface area contributed by atoms with Gasteiger partial charge in [0.1, 0.15) is 23.7 Å². The van der Waals surface area contributed by atoms with Crippen molar-refractivity contribution in [2.75, 3.05) is 7.11 Å². The first-order valence-electron chi connectivity index (χ1n) is 11.8. The van der Waals surface area contributed by atoms with Crippen LogP contribution in [-0.4, -0.2) is 28.1 Å². The number of hydrogen-bond donors (Lipinski definition) is 0. The Balaban J connectivity index is 1.54. The topological polar surface area (TPSA) is 66.2 Å². The van der Waals surface area contributed by atoms with Crippen molar-refractivity contribution < 1.29 is 14.3 Å². The summed E-state index contributed by atoms with van der Waals surface area (Å²) in [5.74, 6) is 0.498. The van der Waals surface area contributed by atoms with Crippen LogP contribution in [0, 0.1) is 6.92 Å². The zero-order valence-electron chi connectivity index (χ0n) is 21.0. The number of nitrogens with zero attached hydrogens (tertiary/aromatic N) is 3. The van der Waals surface area contributed by atoms with E-state index in [2.05, 4.69) is 24.2 Å². The van der Waals surface area contributed by atoms with Gasteiger partial charge in [0.25, 0.3) is 0 Å². The van der Waals surface area contributed by atoms with Crippen molar-refractivity contribution >= 4 is 41.3 Å². The lowest BCUT2D eigenvalue weighted by Crippen LogP contribution is -2.09. The predicted octanol–water partition coefficient (Wildman–Crippen LogP) is 7.54. The van der Waals surface area contributed by atoms with Gasteiger partial charge in [-0.25, -0.2) is 9.48 Å². The van der Waals surface area contributed by atoms with Crippen LogP contribution in [0.25, 0.3) is 17.8 Å². The minimum Gasteiger partial charge on any atom is -0.487 e. The number of halogens is 2. The molecule has 0 amide bonds. The number of benzene rings is 3. The standard InChI is InChI=1S/C29H27Cl2N3O3/c1-18(2)27-26(34(33-32-27)28-24(30)9-6-10-25(28)31)17-37-23-14-13-21(19(3)15-23)12-11-20-7-5-8-22(16-20)29(35)36-4/h5-16,18H,17H2,1-4H3. The quantitative estimate of drug-likeness (QED) is 0.172. The maximum atomic E-state index is 11.8. The third-order valence-electron chi connectivity index (χ3n) is 5.87. The third kappa shape index (κ3) is 6.04. The fraction of sp³-hybridized carbons (Fsp3) is 0.207. The largest absolute Gasteiger partial charge is 0.487 e. The van der Waals surface area contributed by atoms with Gasteiger partial charge in [0, 0.05) is 0 Å². The average molecular weight is 536 g/mol. The van der Waals surface area contributed by atoms with Crippen molar-refractivity contribution in [3.8, 4) is 11.4 Å². The zero-order valence-corrected chi connectivity index (χ0v) is 22.5. The molecule has 0 fully saturated rings. The second-order valence-electron chi connectivity index (χ2n) is 8.82. The van der Waals surface area contributed by atoms with Gasteiger partial charge in [0.2, 0.25) is 0 Å². The minimum atomic E-state index is -0.359. The molecule has 4 aromatic rings. The van der Waals surface area contributed by atoms with Crippen LogP contribution in [0.4, 0.5) is 0 Å². The smallest absolute Gasteiger partial charge is 0.337 e. The average Bonchev–Trinajstić information content (AvgIpc) is 3.30. The van der Waals surface area contributed by atoms with Crippen molar-refractivity contribution in [3.63, 3.8) is 0 Å². The van der Waals surface area contributed by atoms with Gasteiger partial charge in [-0.15, -0.1) is 5.10 Å². The maximum absolute atomic E-state index is 11.8. The molecule has 0 saturated heterocycles. The molecule has 0 N–H and O–H groups in total. The molecule has 0 radical (unpaired) electrons. The van der Waals surface area contributed by atoms with Crippen molar-refractivity contribution in [1.82, 2.24) is 15.0 Å². The second-order valence-corrected chi connectivity index (χ2v) is 9.63.